The monoisotopic (exact) mass is 291 g/mol. The predicted octanol–water partition coefficient (Wildman–Crippen LogP) is 4.85. The molecule has 1 atom stereocenters. The van der Waals surface area contributed by atoms with Crippen LogP contribution < -0.4 is 10.1 Å². The minimum atomic E-state index is -0.555. The lowest BCUT2D eigenvalue weighted by Crippen LogP contribution is -2.12. The molecular formula is C17H19F2NO. The molecule has 1 unspecified atom stereocenters. The molecule has 0 aliphatic carbocycles. The third-order valence-corrected chi connectivity index (χ3v) is 3.24. The molecule has 112 valence electrons. The fourth-order valence-electron chi connectivity index (χ4n) is 2.25. The van der Waals surface area contributed by atoms with Gasteiger partial charge in [0.25, 0.3) is 0 Å². The predicted molar refractivity (Wildman–Crippen MR) is 80.7 cm³/mol. The summed E-state index contributed by atoms with van der Waals surface area (Å²) in [6.07, 6.45) is 0. The van der Waals surface area contributed by atoms with E-state index in [0.29, 0.717) is 12.4 Å². The molecule has 0 saturated carbocycles. The summed E-state index contributed by atoms with van der Waals surface area (Å²) in [5.74, 6) is -0.429. The summed E-state index contributed by atoms with van der Waals surface area (Å²) in [5.41, 5.74) is 1.81. The fraction of sp³-hybridized carbons (Fsp3) is 0.294. The Morgan fingerprint density at radius 1 is 1.14 bits per heavy atom. The van der Waals surface area contributed by atoms with Gasteiger partial charge in [0, 0.05) is 5.56 Å². The summed E-state index contributed by atoms with van der Waals surface area (Å²) < 4.78 is 33.2. The van der Waals surface area contributed by atoms with Gasteiger partial charge in [-0.05, 0) is 50.6 Å². The van der Waals surface area contributed by atoms with E-state index in [4.69, 9.17) is 4.74 Å². The van der Waals surface area contributed by atoms with Crippen LogP contribution in [0, 0.1) is 18.6 Å². The molecule has 0 aliphatic heterocycles. The van der Waals surface area contributed by atoms with Crippen molar-refractivity contribution in [3.63, 3.8) is 0 Å². The number of nitrogens with one attached hydrogen (secondary N) is 1. The topological polar surface area (TPSA) is 21.3 Å². The fourth-order valence-corrected chi connectivity index (χ4v) is 2.25. The number of anilines is 1. The highest BCUT2D eigenvalue weighted by molar-refractivity contribution is 5.58. The SMILES string of the molecule is CCOc1cc(C)ccc1NC(C)c1c(F)cccc1F. The highest BCUT2D eigenvalue weighted by atomic mass is 19.1. The van der Waals surface area contributed by atoms with E-state index >= 15 is 0 Å². The molecule has 21 heavy (non-hydrogen) atoms. The Morgan fingerprint density at radius 3 is 2.43 bits per heavy atom. The molecule has 4 heteroatoms. The van der Waals surface area contributed by atoms with E-state index in [1.165, 1.54) is 18.2 Å². The van der Waals surface area contributed by atoms with Gasteiger partial charge in [0.15, 0.2) is 0 Å². The van der Waals surface area contributed by atoms with Crippen LogP contribution in [0.15, 0.2) is 36.4 Å². The number of aryl methyl sites for hydroxylation is 1. The molecule has 0 saturated heterocycles. The van der Waals surface area contributed by atoms with Crippen LogP contribution >= 0.6 is 0 Å². The van der Waals surface area contributed by atoms with Crippen molar-refractivity contribution >= 4 is 5.69 Å². The van der Waals surface area contributed by atoms with Crippen molar-refractivity contribution < 1.29 is 13.5 Å². The van der Waals surface area contributed by atoms with Gasteiger partial charge < -0.3 is 10.1 Å². The summed E-state index contributed by atoms with van der Waals surface area (Å²) in [7, 11) is 0. The first kappa shape index (κ1) is 15.3. The maximum atomic E-state index is 13.8. The molecule has 2 aromatic carbocycles. The lowest BCUT2D eigenvalue weighted by atomic mass is 10.1. The molecule has 2 rings (SSSR count). The van der Waals surface area contributed by atoms with Crippen LogP contribution in [0.25, 0.3) is 0 Å². The first-order valence-corrected chi connectivity index (χ1v) is 6.96. The van der Waals surface area contributed by atoms with Crippen LogP contribution in [0.4, 0.5) is 14.5 Å². The molecule has 0 aliphatic rings. The van der Waals surface area contributed by atoms with Gasteiger partial charge in [0.1, 0.15) is 17.4 Å². The third-order valence-electron chi connectivity index (χ3n) is 3.24. The Bertz CT molecular complexity index is 608. The number of hydrogen-bond donors (Lipinski definition) is 1. The highest BCUT2D eigenvalue weighted by Crippen LogP contribution is 2.31. The Labute approximate surface area is 123 Å². The lowest BCUT2D eigenvalue weighted by Gasteiger charge is -2.19. The van der Waals surface area contributed by atoms with Gasteiger partial charge in [-0.1, -0.05) is 12.1 Å². The summed E-state index contributed by atoms with van der Waals surface area (Å²) in [6.45, 7) is 6.11. The van der Waals surface area contributed by atoms with Crippen molar-refractivity contribution in [2.75, 3.05) is 11.9 Å². The molecule has 0 radical (unpaired) electrons. The average Bonchev–Trinajstić information content (AvgIpc) is 2.42. The Hall–Kier alpha value is -2.10. The van der Waals surface area contributed by atoms with Crippen molar-refractivity contribution in [1.82, 2.24) is 0 Å². The summed E-state index contributed by atoms with van der Waals surface area (Å²) >= 11 is 0. The normalized spacial score (nSPS) is 12.0. The van der Waals surface area contributed by atoms with E-state index < -0.39 is 17.7 Å². The standard InChI is InChI=1S/C17H19F2NO/c1-4-21-16-10-11(2)8-9-15(16)20-12(3)17-13(18)6-5-7-14(17)19/h5-10,12,20H,4H2,1-3H3. The number of rotatable bonds is 5. The number of hydrogen-bond acceptors (Lipinski definition) is 2. The van der Waals surface area contributed by atoms with E-state index in [-0.39, 0.29) is 5.56 Å². The maximum Gasteiger partial charge on any atom is 0.142 e. The first-order valence-electron chi connectivity index (χ1n) is 6.96. The van der Waals surface area contributed by atoms with Crippen LogP contribution in [0.3, 0.4) is 0 Å². The van der Waals surface area contributed by atoms with Gasteiger partial charge in [-0.2, -0.15) is 0 Å². The lowest BCUT2D eigenvalue weighted by molar-refractivity contribution is 0.341. The van der Waals surface area contributed by atoms with Crippen LogP contribution in [0.5, 0.6) is 5.75 Å². The van der Waals surface area contributed by atoms with Crippen LogP contribution in [0.1, 0.15) is 31.0 Å². The zero-order valence-corrected chi connectivity index (χ0v) is 12.4. The Kier molecular flexibility index (Phi) is 4.78. The van der Waals surface area contributed by atoms with Crippen LogP contribution in [-0.2, 0) is 0 Å². The minimum absolute atomic E-state index is 0.0283. The summed E-state index contributed by atoms with van der Waals surface area (Å²) in [5, 5.41) is 3.12. The second-order valence-electron chi connectivity index (χ2n) is 4.93. The van der Waals surface area contributed by atoms with Crippen LogP contribution in [-0.4, -0.2) is 6.61 Å². The highest BCUT2D eigenvalue weighted by Gasteiger charge is 2.17. The molecule has 0 heterocycles. The van der Waals surface area contributed by atoms with E-state index in [9.17, 15) is 8.78 Å². The zero-order valence-electron chi connectivity index (χ0n) is 12.4. The quantitative estimate of drug-likeness (QED) is 0.850. The Morgan fingerprint density at radius 2 is 1.81 bits per heavy atom. The number of halogens is 2. The Balaban J connectivity index is 2.29. The van der Waals surface area contributed by atoms with Crippen molar-refractivity contribution in [2.45, 2.75) is 26.8 Å². The molecular weight excluding hydrogens is 272 g/mol. The largest absolute Gasteiger partial charge is 0.492 e. The minimum Gasteiger partial charge on any atom is -0.492 e. The van der Waals surface area contributed by atoms with Gasteiger partial charge >= 0.3 is 0 Å². The molecule has 0 fully saturated rings. The van der Waals surface area contributed by atoms with Gasteiger partial charge in [-0.3, -0.25) is 0 Å². The molecule has 2 nitrogen and oxygen atoms in total. The molecule has 1 N–H and O–H groups in total. The summed E-state index contributed by atoms with van der Waals surface area (Å²) in [6, 6.07) is 9.05. The third kappa shape index (κ3) is 3.51. The second-order valence-corrected chi connectivity index (χ2v) is 4.93. The van der Waals surface area contributed by atoms with E-state index in [2.05, 4.69) is 5.32 Å². The molecule has 0 bridgehead atoms. The average molecular weight is 291 g/mol. The van der Waals surface area contributed by atoms with E-state index in [0.717, 1.165) is 11.3 Å². The second kappa shape index (κ2) is 6.57. The number of ether oxygens (including phenoxy) is 1. The van der Waals surface area contributed by atoms with Crippen LogP contribution in [0.2, 0.25) is 0 Å². The van der Waals surface area contributed by atoms with Crippen molar-refractivity contribution in [3.8, 4) is 5.75 Å². The van der Waals surface area contributed by atoms with Gasteiger partial charge in [0.05, 0.1) is 18.3 Å². The molecule has 0 spiro atoms. The van der Waals surface area contributed by atoms with Gasteiger partial charge in [0.2, 0.25) is 0 Å². The summed E-state index contributed by atoms with van der Waals surface area (Å²) in [4.78, 5) is 0. The zero-order chi connectivity index (χ0) is 15.4. The smallest absolute Gasteiger partial charge is 0.142 e. The van der Waals surface area contributed by atoms with E-state index in [1.54, 1.807) is 6.92 Å². The van der Waals surface area contributed by atoms with Gasteiger partial charge in [-0.25, -0.2) is 8.78 Å². The van der Waals surface area contributed by atoms with Crippen molar-refractivity contribution in [2.24, 2.45) is 0 Å². The van der Waals surface area contributed by atoms with Crippen molar-refractivity contribution in [3.05, 3.63) is 59.2 Å². The first-order chi connectivity index (χ1) is 10.0. The molecule has 0 amide bonds. The molecule has 2 aromatic rings. The number of benzene rings is 2. The maximum absolute atomic E-state index is 13.8. The van der Waals surface area contributed by atoms with Gasteiger partial charge in [-0.15, -0.1) is 0 Å². The van der Waals surface area contributed by atoms with E-state index in [1.807, 2.05) is 32.0 Å². The van der Waals surface area contributed by atoms with Crippen molar-refractivity contribution in [1.29, 1.82) is 0 Å². The molecule has 0 aromatic heterocycles.